The average molecular weight is 373 g/mol. The summed E-state index contributed by atoms with van der Waals surface area (Å²) in [5, 5.41) is 0. The van der Waals surface area contributed by atoms with Crippen LogP contribution >= 0.6 is 22.6 Å². The Balaban J connectivity index is 2.31. The lowest BCUT2D eigenvalue weighted by molar-refractivity contribution is 0.319. The van der Waals surface area contributed by atoms with Crippen molar-refractivity contribution in [3.8, 4) is 17.2 Å². The van der Waals surface area contributed by atoms with Crippen LogP contribution in [-0.2, 0) is 0 Å². The van der Waals surface area contributed by atoms with Gasteiger partial charge < -0.3 is 15.2 Å². The fraction of sp³-hybridized carbons (Fsp3) is 0.143. The van der Waals surface area contributed by atoms with E-state index in [1.807, 2.05) is 24.3 Å². The second kappa shape index (κ2) is 6.10. The van der Waals surface area contributed by atoms with Crippen molar-refractivity contribution in [2.45, 2.75) is 6.92 Å². The average Bonchev–Trinajstić information content (AvgIpc) is 2.35. The van der Waals surface area contributed by atoms with E-state index in [4.69, 9.17) is 15.2 Å². The van der Waals surface area contributed by atoms with Crippen LogP contribution in [-0.4, -0.2) is 6.61 Å². The molecule has 0 amide bonds. The predicted molar refractivity (Wildman–Crippen MR) is 81.2 cm³/mol. The second-order valence-electron chi connectivity index (χ2n) is 3.81. The van der Waals surface area contributed by atoms with Crippen molar-refractivity contribution in [1.29, 1.82) is 0 Å². The van der Waals surface area contributed by atoms with E-state index in [1.165, 1.54) is 12.1 Å². The molecule has 0 aromatic heterocycles. The topological polar surface area (TPSA) is 44.5 Å². The molecular weight excluding hydrogens is 360 g/mol. The fourth-order valence-electron chi connectivity index (χ4n) is 1.56. The number of nitrogen functional groups attached to an aromatic ring is 1. The largest absolute Gasteiger partial charge is 0.491 e. The Morgan fingerprint density at radius 2 is 2.00 bits per heavy atom. The molecule has 0 aliphatic carbocycles. The molecule has 2 N–H and O–H groups in total. The first kappa shape index (κ1) is 13.9. The Bertz CT molecular complexity index is 590. The van der Waals surface area contributed by atoms with Crippen molar-refractivity contribution < 1.29 is 13.9 Å². The van der Waals surface area contributed by atoms with Gasteiger partial charge in [-0.3, -0.25) is 0 Å². The number of anilines is 1. The molecule has 0 aliphatic rings. The van der Waals surface area contributed by atoms with Crippen LogP contribution in [0.4, 0.5) is 10.1 Å². The Morgan fingerprint density at radius 3 is 2.68 bits per heavy atom. The summed E-state index contributed by atoms with van der Waals surface area (Å²) in [6.45, 7) is 2.17. The van der Waals surface area contributed by atoms with Gasteiger partial charge in [0.1, 0.15) is 5.75 Å². The van der Waals surface area contributed by atoms with Crippen molar-refractivity contribution >= 4 is 28.3 Å². The number of benzene rings is 2. The lowest BCUT2D eigenvalue weighted by atomic mass is 10.2. The minimum Gasteiger partial charge on any atom is -0.491 e. The first-order chi connectivity index (χ1) is 9.10. The molecule has 100 valence electrons. The van der Waals surface area contributed by atoms with Gasteiger partial charge in [0.2, 0.25) is 0 Å². The summed E-state index contributed by atoms with van der Waals surface area (Å²) in [5.41, 5.74) is 5.99. The van der Waals surface area contributed by atoms with Crippen molar-refractivity contribution in [2.75, 3.05) is 12.3 Å². The smallest absolute Gasteiger partial charge is 0.167 e. The number of hydrogen-bond donors (Lipinski definition) is 1. The van der Waals surface area contributed by atoms with E-state index in [2.05, 4.69) is 22.6 Å². The van der Waals surface area contributed by atoms with Gasteiger partial charge in [-0.25, -0.2) is 4.39 Å². The normalized spacial score (nSPS) is 10.3. The first-order valence-corrected chi connectivity index (χ1v) is 6.83. The van der Waals surface area contributed by atoms with Crippen LogP contribution in [0.2, 0.25) is 0 Å². The van der Waals surface area contributed by atoms with Crippen LogP contribution in [0, 0.1) is 9.39 Å². The molecule has 0 atom stereocenters. The van der Waals surface area contributed by atoms with Gasteiger partial charge in [0, 0.05) is 15.7 Å². The van der Waals surface area contributed by atoms with Crippen molar-refractivity contribution in [3.63, 3.8) is 0 Å². The van der Waals surface area contributed by atoms with Crippen molar-refractivity contribution in [3.05, 3.63) is 45.8 Å². The highest BCUT2D eigenvalue weighted by Crippen LogP contribution is 2.33. The third-order valence-corrected chi connectivity index (χ3v) is 3.06. The zero-order valence-corrected chi connectivity index (χ0v) is 12.5. The van der Waals surface area contributed by atoms with E-state index < -0.39 is 5.82 Å². The maximum atomic E-state index is 13.6. The van der Waals surface area contributed by atoms with Crippen LogP contribution in [0.3, 0.4) is 0 Å². The molecule has 0 saturated carbocycles. The van der Waals surface area contributed by atoms with E-state index in [1.54, 1.807) is 6.92 Å². The van der Waals surface area contributed by atoms with Crippen molar-refractivity contribution in [2.24, 2.45) is 0 Å². The van der Waals surface area contributed by atoms with Gasteiger partial charge in [-0.05, 0) is 47.7 Å². The number of nitrogens with two attached hydrogens (primary N) is 1. The van der Waals surface area contributed by atoms with E-state index in [-0.39, 0.29) is 11.4 Å². The Kier molecular flexibility index (Phi) is 4.47. The molecule has 0 radical (unpaired) electrons. The quantitative estimate of drug-likeness (QED) is 0.645. The number of hydrogen-bond acceptors (Lipinski definition) is 3. The van der Waals surface area contributed by atoms with E-state index >= 15 is 0 Å². The van der Waals surface area contributed by atoms with Crippen LogP contribution < -0.4 is 15.2 Å². The highest BCUT2D eigenvalue weighted by Gasteiger charge is 2.10. The van der Waals surface area contributed by atoms with Gasteiger partial charge in [-0.2, -0.15) is 0 Å². The minimum absolute atomic E-state index is 0.136. The van der Waals surface area contributed by atoms with Crippen molar-refractivity contribution in [1.82, 2.24) is 0 Å². The summed E-state index contributed by atoms with van der Waals surface area (Å²) < 4.78 is 25.4. The van der Waals surface area contributed by atoms with Gasteiger partial charge in [0.15, 0.2) is 17.3 Å². The third kappa shape index (κ3) is 3.50. The van der Waals surface area contributed by atoms with Crippen LogP contribution in [0.25, 0.3) is 0 Å². The maximum absolute atomic E-state index is 13.6. The lowest BCUT2D eigenvalue weighted by Gasteiger charge is -2.12. The zero-order valence-electron chi connectivity index (χ0n) is 10.3. The maximum Gasteiger partial charge on any atom is 0.167 e. The molecule has 0 bridgehead atoms. The SMILES string of the molecule is CCOc1cc(Oc2cccc(I)c2)c(N)cc1F. The molecule has 3 nitrogen and oxygen atoms in total. The molecule has 0 fully saturated rings. The summed E-state index contributed by atoms with van der Waals surface area (Å²) >= 11 is 2.19. The highest BCUT2D eigenvalue weighted by molar-refractivity contribution is 14.1. The summed E-state index contributed by atoms with van der Waals surface area (Å²) in [7, 11) is 0. The van der Waals surface area contributed by atoms with E-state index in [0.29, 0.717) is 18.1 Å². The van der Waals surface area contributed by atoms with E-state index in [0.717, 1.165) is 3.57 Å². The summed E-state index contributed by atoms with van der Waals surface area (Å²) in [6, 6.07) is 10.2. The van der Waals surface area contributed by atoms with Gasteiger partial charge >= 0.3 is 0 Å². The lowest BCUT2D eigenvalue weighted by Crippen LogP contribution is -1.99. The molecule has 19 heavy (non-hydrogen) atoms. The molecule has 2 aromatic rings. The van der Waals surface area contributed by atoms with Gasteiger partial charge in [0.25, 0.3) is 0 Å². The second-order valence-corrected chi connectivity index (χ2v) is 5.06. The molecule has 0 spiro atoms. The van der Waals surface area contributed by atoms with Crippen LogP contribution in [0.15, 0.2) is 36.4 Å². The van der Waals surface area contributed by atoms with Gasteiger partial charge in [-0.1, -0.05) is 6.07 Å². The zero-order chi connectivity index (χ0) is 13.8. The standard InChI is InChI=1S/C14H13FINO2/c1-2-18-13-8-14(12(17)7-11(13)15)19-10-5-3-4-9(16)6-10/h3-8H,2,17H2,1H3. The number of ether oxygens (including phenoxy) is 2. The molecule has 2 rings (SSSR count). The summed E-state index contributed by atoms with van der Waals surface area (Å²) in [6.07, 6.45) is 0. The van der Waals surface area contributed by atoms with E-state index in [9.17, 15) is 4.39 Å². The summed E-state index contributed by atoms with van der Waals surface area (Å²) in [5.74, 6) is 0.672. The number of halogens is 2. The molecule has 5 heteroatoms. The third-order valence-electron chi connectivity index (χ3n) is 2.39. The highest BCUT2D eigenvalue weighted by atomic mass is 127. The van der Waals surface area contributed by atoms with Gasteiger partial charge in [0.05, 0.1) is 12.3 Å². The molecular formula is C14H13FINO2. The number of rotatable bonds is 4. The molecule has 0 unspecified atom stereocenters. The molecule has 0 aliphatic heterocycles. The minimum atomic E-state index is -0.491. The monoisotopic (exact) mass is 373 g/mol. The van der Waals surface area contributed by atoms with Crippen LogP contribution in [0.1, 0.15) is 6.92 Å². The molecule has 0 heterocycles. The Labute approximate surface area is 124 Å². The first-order valence-electron chi connectivity index (χ1n) is 5.75. The van der Waals surface area contributed by atoms with Gasteiger partial charge in [-0.15, -0.1) is 0 Å². The Hall–Kier alpha value is -1.50. The predicted octanol–water partition coefficient (Wildman–Crippen LogP) is 4.20. The molecule has 2 aromatic carbocycles. The molecule has 0 saturated heterocycles. The van der Waals surface area contributed by atoms with Crippen LogP contribution in [0.5, 0.6) is 17.2 Å². The summed E-state index contributed by atoms with van der Waals surface area (Å²) in [4.78, 5) is 0. The Morgan fingerprint density at radius 1 is 1.21 bits per heavy atom. The fourth-order valence-corrected chi connectivity index (χ4v) is 2.08.